The van der Waals surface area contributed by atoms with E-state index >= 15 is 0 Å². The maximum atomic E-state index is 11.0. The van der Waals surface area contributed by atoms with E-state index in [1.165, 1.54) is 6.26 Å². The van der Waals surface area contributed by atoms with Crippen molar-refractivity contribution < 1.29 is 17.9 Å². The maximum Gasteiger partial charge on any atom is 0.191 e. The predicted octanol–water partition coefficient (Wildman–Crippen LogP) is 1.03. The Morgan fingerprint density at radius 1 is 1.36 bits per heavy atom. The average molecular weight is 489 g/mol. The van der Waals surface area contributed by atoms with Crippen LogP contribution in [-0.4, -0.2) is 71.4 Å². The first-order valence-corrected chi connectivity index (χ1v) is 10.7. The number of halogens is 1. The second-order valence-corrected chi connectivity index (χ2v) is 9.45. The molecule has 148 valence electrons. The molecule has 0 bridgehead atoms. The molecule has 2 fully saturated rings. The van der Waals surface area contributed by atoms with E-state index in [-0.39, 0.29) is 41.8 Å². The summed E-state index contributed by atoms with van der Waals surface area (Å²) in [5.74, 6) is 1.39. The van der Waals surface area contributed by atoms with E-state index in [0.29, 0.717) is 31.2 Å². The third kappa shape index (κ3) is 6.21. The number of nitrogens with zero attached hydrogens (tertiary/aromatic N) is 1. The van der Waals surface area contributed by atoms with Crippen LogP contribution >= 0.6 is 24.0 Å². The zero-order chi connectivity index (χ0) is 17.8. The SMILES string of the molecule is CCNC(=NCCOCCS(C)(=O)=O)NC1C2CCOC2C1(C)C.I. The molecule has 2 aliphatic rings. The van der Waals surface area contributed by atoms with Crippen LogP contribution in [-0.2, 0) is 19.3 Å². The normalized spacial score (nSPS) is 27.8. The Hall–Kier alpha value is -0.130. The number of sulfone groups is 1. The lowest BCUT2D eigenvalue weighted by atomic mass is 9.57. The van der Waals surface area contributed by atoms with Crippen molar-refractivity contribution in [2.24, 2.45) is 16.3 Å². The van der Waals surface area contributed by atoms with Crippen LogP contribution in [0.5, 0.6) is 0 Å². The smallest absolute Gasteiger partial charge is 0.191 e. The Labute approximate surface area is 168 Å². The fraction of sp³-hybridized carbons (Fsp3) is 0.938. The third-order valence-corrected chi connectivity index (χ3v) is 5.75. The molecule has 1 aliphatic carbocycles. The van der Waals surface area contributed by atoms with Gasteiger partial charge in [-0.15, -0.1) is 24.0 Å². The summed E-state index contributed by atoms with van der Waals surface area (Å²) in [6, 6.07) is 0.356. The summed E-state index contributed by atoms with van der Waals surface area (Å²) in [7, 11) is -2.97. The number of aliphatic imine (C=N–C) groups is 1. The Bertz CT molecular complexity index is 554. The van der Waals surface area contributed by atoms with Gasteiger partial charge in [-0.05, 0) is 13.3 Å². The van der Waals surface area contributed by atoms with Crippen LogP contribution < -0.4 is 10.6 Å². The van der Waals surface area contributed by atoms with Gasteiger partial charge in [-0.25, -0.2) is 8.42 Å². The molecule has 25 heavy (non-hydrogen) atoms. The van der Waals surface area contributed by atoms with Crippen LogP contribution in [0.2, 0.25) is 0 Å². The van der Waals surface area contributed by atoms with Gasteiger partial charge in [-0.1, -0.05) is 13.8 Å². The second kappa shape index (κ2) is 9.70. The molecule has 0 amide bonds. The summed E-state index contributed by atoms with van der Waals surface area (Å²) in [6.45, 7) is 9.26. The first-order valence-electron chi connectivity index (χ1n) is 8.67. The number of ether oxygens (including phenoxy) is 2. The van der Waals surface area contributed by atoms with E-state index in [9.17, 15) is 8.42 Å². The second-order valence-electron chi connectivity index (χ2n) is 7.19. The van der Waals surface area contributed by atoms with Crippen molar-refractivity contribution in [2.45, 2.75) is 39.3 Å². The summed E-state index contributed by atoms with van der Waals surface area (Å²) in [4.78, 5) is 4.53. The Morgan fingerprint density at radius 3 is 2.72 bits per heavy atom. The first-order chi connectivity index (χ1) is 11.3. The number of hydrogen-bond acceptors (Lipinski definition) is 5. The highest BCUT2D eigenvalue weighted by Crippen LogP contribution is 2.52. The van der Waals surface area contributed by atoms with Crippen LogP contribution in [0.1, 0.15) is 27.2 Å². The summed E-state index contributed by atoms with van der Waals surface area (Å²) in [5, 5.41) is 6.80. The van der Waals surface area contributed by atoms with Gasteiger partial charge < -0.3 is 20.1 Å². The molecule has 2 rings (SSSR count). The molecular weight excluding hydrogens is 457 g/mol. The fourth-order valence-corrected chi connectivity index (χ4v) is 4.04. The monoisotopic (exact) mass is 489 g/mol. The molecule has 2 N–H and O–H groups in total. The van der Waals surface area contributed by atoms with E-state index in [1.807, 2.05) is 6.92 Å². The van der Waals surface area contributed by atoms with Crippen LogP contribution in [0.15, 0.2) is 4.99 Å². The van der Waals surface area contributed by atoms with Gasteiger partial charge >= 0.3 is 0 Å². The lowest BCUT2D eigenvalue weighted by Crippen LogP contribution is -2.68. The van der Waals surface area contributed by atoms with Gasteiger partial charge in [0.25, 0.3) is 0 Å². The summed E-state index contributed by atoms with van der Waals surface area (Å²) in [5.41, 5.74) is 0.101. The Balaban J connectivity index is 0.00000312. The largest absolute Gasteiger partial charge is 0.378 e. The van der Waals surface area contributed by atoms with Crippen molar-refractivity contribution in [3.63, 3.8) is 0 Å². The molecule has 0 aromatic rings. The zero-order valence-corrected chi connectivity index (χ0v) is 18.7. The van der Waals surface area contributed by atoms with Crippen LogP contribution in [0, 0.1) is 11.3 Å². The van der Waals surface area contributed by atoms with Gasteiger partial charge in [0.2, 0.25) is 0 Å². The molecule has 0 radical (unpaired) electrons. The summed E-state index contributed by atoms with van der Waals surface area (Å²) >= 11 is 0. The molecule has 3 unspecified atom stereocenters. The summed E-state index contributed by atoms with van der Waals surface area (Å²) < 4.78 is 33.2. The van der Waals surface area contributed by atoms with Gasteiger partial charge in [0.15, 0.2) is 5.96 Å². The molecule has 1 heterocycles. The van der Waals surface area contributed by atoms with Crippen molar-refractivity contribution in [3.05, 3.63) is 0 Å². The van der Waals surface area contributed by atoms with Crippen molar-refractivity contribution >= 4 is 39.8 Å². The molecule has 0 spiro atoms. The maximum absolute atomic E-state index is 11.0. The number of guanidine groups is 1. The standard InChI is InChI=1S/C16H31N3O4S.HI/c1-5-17-15(18-7-9-22-10-11-24(4,20)21)19-13-12-6-8-23-14(12)16(13,2)3;/h12-14H,5-11H2,1-4H3,(H2,17,18,19);1H. The average Bonchev–Trinajstić information content (AvgIpc) is 2.93. The Morgan fingerprint density at radius 2 is 2.08 bits per heavy atom. The highest BCUT2D eigenvalue weighted by Gasteiger charge is 2.59. The number of hydrogen-bond donors (Lipinski definition) is 2. The molecule has 1 saturated heterocycles. The highest BCUT2D eigenvalue weighted by atomic mass is 127. The van der Waals surface area contributed by atoms with E-state index in [4.69, 9.17) is 9.47 Å². The molecule has 1 saturated carbocycles. The van der Waals surface area contributed by atoms with E-state index < -0.39 is 9.84 Å². The zero-order valence-electron chi connectivity index (χ0n) is 15.6. The molecule has 0 aromatic carbocycles. The lowest BCUT2D eigenvalue weighted by Gasteiger charge is -2.54. The van der Waals surface area contributed by atoms with Gasteiger partial charge in [0, 0.05) is 36.8 Å². The first kappa shape index (κ1) is 22.9. The van der Waals surface area contributed by atoms with Gasteiger partial charge in [-0.3, -0.25) is 4.99 Å². The number of rotatable bonds is 8. The van der Waals surface area contributed by atoms with Crippen molar-refractivity contribution in [2.75, 3.05) is 44.9 Å². The molecular formula is C16H32IN3O4S. The van der Waals surface area contributed by atoms with Crippen molar-refractivity contribution in [3.8, 4) is 0 Å². The van der Waals surface area contributed by atoms with E-state index in [2.05, 4.69) is 29.5 Å². The van der Waals surface area contributed by atoms with Crippen LogP contribution in [0.3, 0.4) is 0 Å². The van der Waals surface area contributed by atoms with E-state index in [0.717, 1.165) is 25.5 Å². The highest BCUT2D eigenvalue weighted by molar-refractivity contribution is 14.0. The molecule has 1 aliphatic heterocycles. The lowest BCUT2D eigenvalue weighted by molar-refractivity contribution is -0.106. The van der Waals surface area contributed by atoms with Gasteiger partial charge in [0.05, 0.1) is 31.6 Å². The van der Waals surface area contributed by atoms with Crippen LogP contribution in [0.4, 0.5) is 0 Å². The Kier molecular flexibility index (Phi) is 8.89. The molecule has 7 nitrogen and oxygen atoms in total. The van der Waals surface area contributed by atoms with Crippen molar-refractivity contribution in [1.29, 1.82) is 0 Å². The van der Waals surface area contributed by atoms with E-state index in [1.54, 1.807) is 0 Å². The van der Waals surface area contributed by atoms with Crippen LogP contribution in [0.25, 0.3) is 0 Å². The minimum Gasteiger partial charge on any atom is -0.378 e. The fourth-order valence-electron chi connectivity index (χ4n) is 3.62. The third-order valence-electron chi connectivity index (χ3n) is 4.84. The number of fused-ring (bicyclic) bond motifs is 1. The predicted molar refractivity (Wildman–Crippen MR) is 110 cm³/mol. The minimum absolute atomic E-state index is 0. The van der Waals surface area contributed by atoms with Gasteiger partial charge in [0.1, 0.15) is 9.84 Å². The quantitative estimate of drug-likeness (QED) is 0.229. The molecule has 3 atom stereocenters. The summed E-state index contributed by atoms with van der Waals surface area (Å²) in [6.07, 6.45) is 2.65. The van der Waals surface area contributed by atoms with Gasteiger partial charge in [-0.2, -0.15) is 0 Å². The topological polar surface area (TPSA) is 89.0 Å². The molecule has 0 aromatic heterocycles. The van der Waals surface area contributed by atoms with Crippen molar-refractivity contribution in [1.82, 2.24) is 10.6 Å². The minimum atomic E-state index is -2.97. The molecule has 9 heteroatoms. The number of nitrogens with one attached hydrogen (secondary N) is 2.